The van der Waals surface area contributed by atoms with Gasteiger partial charge in [0.2, 0.25) is 5.95 Å². The van der Waals surface area contributed by atoms with Crippen LogP contribution >= 0.6 is 0 Å². The summed E-state index contributed by atoms with van der Waals surface area (Å²) in [5.41, 5.74) is 3.37. The van der Waals surface area contributed by atoms with E-state index in [1.54, 1.807) is 24.2 Å². The van der Waals surface area contributed by atoms with Gasteiger partial charge in [0, 0.05) is 61.3 Å². The van der Waals surface area contributed by atoms with Gasteiger partial charge in [0.25, 0.3) is 0 Å². The molecule has 0 amide bonds. The smallest absolute Gasteiger partial charge is 0.227 e. The number of ether oxygens (including phenoxy) is 1. The Hall–Kier alpha value is -3.20. The number of benzene rings is 1. The average Bonchev–Trinajstić information content (AvgIpc) is 3.47. The number of aromatic nitrogens is 4. The molecule has 1 aromatic carbocycles. The van der Waals surface area contributed by atoms with Crippen LogP contribution < -0.4 is 15.0 Å². The summed E-state index contributed by atoms with van der Waals surface area (Å²) in [4.78, 5) is 13.8. The van der Waals surface area contributed by atoms with Gasteiger partial charge < -0.3 is 19.9 Å². The van der Waals surface area contributed by atoms with E-state index in [1.807, 2.05) is 18.3 Å². The van der Waals surface area contributed by atoms with E-state index in [1.165, 1.54) is 5.69 Å². The summed E-state index contributed by atoms with van der Waals surface area (Å²) in [7, 11) is 3.76. The molecule has 8 nitrogen and oxygen atoms in total. The molecule has 1 aliphatic carbocycles. The van der Waals surface area contributed by atoms with Gasteiger partial charge in [0.1, 0.15) is 5.69 Å². The molecule has 0 spiro atoms. The van der Waals surface area contributed by atoms with Crippen LogP contribution in [0.5, 0.6) is 5.75 Å². The molecular weight excluding hydrogens is 421 g/mol. The Bertz CT molecular complexity index is 1090. The van der Waals surface area contributed by atoms with Crippen molar-refractivity contribution in [3.63, 3.8) is 0 Å². The molecule has 0 atom stereocenters. The number of likely N-dealkylation sites (N-methyl/N-ethyl adjacent to an activating group) is 1. The van der Waals surface area contributed by atoms with Crippen LogP contribution in [-0.4, -0.2) is 71.7 Å². The van der Waals surface area contributed by atoms with Gasteiger partial charge in [-0.1, -0.05) is 0 Å². The number of nitrogens with one attached hydrogen (secondary N) is 1. The summed E-state index contributed by atoms with van der Waals surface area (Å²) in [5, 5.41) is 7.70. The number of anilines is 3. The molecule has 0 bridgehead atoms. The van der Waals surface area contributed by atoms with Gasteiger partial charge in [0.05, 0.1) is 26.2 Å². The summed E-state index contributed by atoms with van der Waals surface area (Å²) in [6.45, 7) is 4.51. The molecule has 5 rings (SSSR count). The second-order valence-corrected chi connectivity index (χ2v) is 9.13. The third-order valence-electron chi connectivity index (χ3n) is 6.61. The fourth-order valence-corrected chi connectivity index (χ4v) is 4.16. The molecule has 33 heavy (non-hydrogen) atoms. The van der Waals surface area contributed by atoms with E-state index in [4.69, 9.17) is 4.74 Å². The van der Waals surface area contributed by atoms with E-state index < -0.39 is 0 Å². The van der Waals surface area contributed by atoms with Crippen LogP contribution in [0.15, 0.2) is 42.9 Å². The molecule has 2 fully saturated rings. The molecule has 174 valence electrons. The van der Waals surface area contributed by atoms with Gasteiger partial charge in [-0.25, -0.2) is 9.97 Å². The van der Waals surface area contributed by atoms with E-state index in [-0.39, 0.29) is 12.1 Å². The minimum Gasteiger partial charge on any atom is -0.493 e. The molecule has 2 aliphatic rings. The highest BCUT2D eigenvalue weighted by Gasteiger charge is 2.43. The summed E-state index contributed by atoms with van der Waals surface area (Å²) in [6.07, 6.45) is 7.13. The molecule has 1 N–H and O–H groups in total. The van der Waals surface area contributed by atoms with Crippen LogP contribution in [-0.2, 0) is 6.54 Å². The minimum absolute atomic E-state index is 0.234. The fraction of sp³-hybridized carbons (Fsp3) is 0.458. The first kappa shape index (κ1) is 21.6. The molecule has 1 aliphatic heterocycles. The molecule has 1 saturated carbocycles. The van der Waals surface area contributed by atoms with Gasteiger partial charge in [-0.05, 0) is 44.2 Å². The Morgan fingerprint density at radius 1 is 1.09 bits per heavy atom. The predicted molar refractivity (Wildman–Crippen MR) is 127 cm³/mol. The van der Waals surface area contributed by atoms with E-state index in [0.29, 0.717) is 23.9 Å². The first-order valence-electron chi connectivity index (χ1n) is 11.4. The Labute approximate surface area is 193 Å². The van der Waals surface area contributed by atoms with Crippen molar-refractivity contribution in [1.29, 1.82) is 0 Å². The number of rotatable bonds is 8. The number of alkyl halides is 1. The molecule has 1 saturated heterocycles. The van der Waals surface area contributed by atoms with Crippen LogP contribution in [0.4, 0.5) is 21.7 Å². The van der Waals surface area contributed by atoms with E-state index in [2.05, 4.69) is 49.4 Å². The molecule has 2 aromatic heterocycles. The van der Waals surface area contributed by atoms with Crippen molar-refractivity contribution in [1.82, 2.24) is 24.6 Å². The van der Waals surface area contributed by atoms with Gasteiger partial charge in [-0.15, -0.1) is 0 Å². The monoisotopic (exact) mass is 451 g/mol. The largest absolute Gasteiger partial charge is 0.493 e. The normalized spacial score (nSPS) is 17.7. The van der Waals surface area contributed by atoms with Crippen molar-refractivity contribution in [2.45, 2.75) is 19.4 Å². The van der Waals surface area contributed by atoms with Crippen LogP contribution in [0.3, 0.4) is 0 Å². The number of methoxy groups -OCH3 is 1. The molecular formula is C24H30FN7O. The van der Waals surface area contributed by atoms with Crippen molar-refractivity contribution >= 4 is 17.3 Å². The first-order chi connectivity index (χ1) is 16.1. The second kappa shape index (κ2) is 8.97. The minimum atomic E-state index is -0.305. The van der Waals surface area contributed by atoms with E-state index >= 15 is 0 Å². The van der Waals surface area contributed by atoms with Gasteiger partial charge in [-0.2, -0.15) is 5.10 Å². The SMILES string of the molecule is COc1cnc(Nc2ccc(N3CCN(C)CC3)cc2)nc1-c1cnn(CC2(CF)CC2)c1. The highest BCUT2D eigenvalue weighted by molar-refractivity contribution is 5.67. The number of hydrogen-bond donors (Lipinski definition) is 1. The van der Waals surface area contributed by atoms with Crippen molar-refractivity contribution in [3.05, 3.63) is 42.9 Å². The third-order valence-corrected chi connectivity index (χ3v) is 6.61. The van der Waals surface area contributed by atoms with Crippen molar-refractivity contribution in [2.24, 2.45) is 5.41 Å². The Kier molecular flexibility index (Phi) is 5.88. The second-order valence-electron chi connectivity index (χ2n) is 9.13. The topological polar surface area (TPSA) is 71.3 Å². The average molecular weight is 452 g/mol. The number of piperazine rings is 1. The van der Waals surface area contributed by atoms with Crippen molar-refractivity contribution in [3.8, 4) is 17.0 Å². The first-order valence-corrected chi connectivity index (χ1v) is 11.4. The molecule has 9 heteroatoms. The summed E-state index contributed by atoms with van der Waals surface area (Å²) < 4.78 is 20.6. The van der Waals surface area contributed by atoms with Crippen molar-refractivity contribution in [2.75, 3.05) is 57.2 Å². The Morgan fingerprint density at radius 3 is 2.52 bits per heavy atom. The maximum absolute atomic E-state index is 13.3. The summed E-state index contributed by atoms with van der Waals surface area (Å²) in [6, 6.07) is 8.34. The maximum atomic E-state index is 13.3. The van der Waals surface area contributed by atoms with E-state index in [0.717, 1.165) is 50.3 Å². The van der Waals surface area contributed by atoms with Crippen LogP contribution in [0, 0.1) is 5.41 Å². The van der Waals surface area contributed by atoms with Gasteiger partial charge in [-0.3, -0.25) is 9.07 Å². The van der Waals surface area contributed by atoms with Crippen LogP contribution in [0.1, 0.15) is 12.8 Å². The van der Waals surface area contributed by atoms with Crippen LogP contribution in [0.2, 0.25) is 0 Å². The lowest BCUT2D eigenvalue weighted by atomic mass is 10.1. The molecule has 3 aromatic rings. The zero-order valence-electron chi connectivity index (χ0n) is 19.2. The lowest BCUT2D eigenvalue weighted by Crippen LogP contribution is -2.44. The van der Waals surface area contributed by atoms with Crippen LogP contribution in [0.25, 0.3) is 11.3 Å². The molecule has 0 unspecified atom stereocenters. The number of nitrogens with zero attached hydrogens (tertiary/aromatic N) is 6. The van der Waals surface area contributed by atoms with Gasteiger partial charge >= 0.3 is 0 Å². The maximum Gasteiger partial charge on any atom is 0.227 e. The summed E-state index contributed by atoms with van der Waals surface area (Å²) >= 11 is 0. The quantitative estimate of drug-likeness (QED) is 0.561. The molecule has 0 radical (unpaired) electrons. The van der Waals surface area contributed by atoms with Gasteiger partial charge in [0.15, 0.2) is 5.75 Å². The summed E-state index contributed by atoms with van der Waals surface area (Å²) in [5.74, 6) is 1.05. The Balaban J connectivity index is 1.31. The highest BCUT2D eigenvalue weighted by Crippen LogP contribution is 2.47. The fourth-order valence-electron chi connectivity index (χ4n) is 4.16. The lowest BCUT2D eigenvalue weighted by molar-refractivity contribution is 0.294. The lowest BCUT2D eigenvalue weighted by Gasteiger charge is -2.34. The van der Waals surface area contributed by atoms with E-state index in [9.17, 15) is 4.39 Å². The third kappa shape index (κ3) is 4.78. The number of hydrogen-bond acceptors (Lipinski definition) is 7. The number of halogens is 1. The van der Waals surface area contributed by atoms with Crippen molar-refractivity contribution < 1.29 is 9.13 Å². The predicted octanol–water partition coefficient (Wildman–Crippen LogP) is 3.59. The zero-order chi connectivity index (χ0) is 22.8. The Morgan fingerprint density at radius 2 is 1.85 bits per heavy atom. The molecule has 3 heterocycles. The standard InChI is InChI=1S/C24H30FN7O/c1-30-9-11-31(12-10-30)20-5-3-19(4-6-20)28-23-26-14-21(33-2)22(29-23)18-13-27-32(15-18)17-24(16-25)7-8-24/h3-6,13-15H,7-12,16-17H2,1-2H3,(H,26,28,29). The highest BCUT2D eigenvalue weighted by atomic mass is 19.1. The zero-order valence-corrected chi connectivity index (χ0v) is 19.2.